The van der Waals surface area contributed by atoms with Gasteiger partial charge in [-0.1, -0.05) is 0 Å². The molecule has 0 saturated heterocycles. The van der Waals surface area contributed by atoms with Crippen LogP contribution in [0.3, 0.4) is 0 Å². The van der Waals surface area contributed by atoms with Gasteiger partial charge in [0.25, 0.3) is 5.56 Å². The molecule has 0 radical (unpaired) electrons. The van der Waals surface area contributed by atoms with Crippen LogP contribution in [0.15, 0.2) is 11.1 Å². The molecule has 0 spiro atoms. The SMILES string of the molecule is CN1CCc2c(sc3c2c(=O)n(C)c2nncn32)C1. The predicted octanol–water partition coefficient (Wildman–Crippen LogP) is 0.631. The Morgan fingerprint density at radius 3 is 3.05 bits per heavy atom. The highest BCUT2D eigenvalue weighted by molar-refractivity contribution is 7.18. The van der Waals surface area contributed by atoms with Crippen LogP contribution < -0.4 is 5.56 Å². The largest absolute Gasteiger partial charge is 0.301 e. The number of thiophene rings is 1. The third-order valence-electron chi connectivity index (χ3n) is 3.80. The van der Waals surface area contributed by atoms with E-state index in [9.17, 15) is 4.79 Å². The second-order valence-corrected chi connectivity index (χ2v) is 6.12. The van der Waals surface area contributed by atoms with E-state index in [1.165, 1.54) is 10.4 Å². The monoisotopic (exact) mass is 275 g/mol. The first-order valence-corrected chi connectivity index (χ1v) is 7.00. The second kappa shape index (κ2) is 3.64. The van der Waals surface area contributed by atoms with E-state index >= 15 is 0 Å². The van der Waals surface area contributed by atoms with Gasteiger partial charge >= 0.3 is 0 Å². The summed E-state index contributed by atoms with van der Waals surface area (Å²) < 4.78 is 3.50. The zero-order valence-electron chi connectivity index (χ0n) is 10.8. The molecule has 6 nitrogen and oxygen atoms in total. The van der Waals surface area contributed by atoms with E-state index in [1.807, 2.05) is 4.40 Å². The van der Waals surface area contributed by atoms with Gasteiger partial charge in [0.05, 0.1) is 5.39 Å². The van der Waals surface area contributed by atoms with E-state index in [0.29, 0.717) is 5.78 Å². The van der Waals surface area contributed by atoms with E-state index in [0.717, 1.165) is 29.7 Å². The van der Waals surface area contributed by atoms with E-state index in [-0.39, 0.29) is 5.56 Å². The average molecular weight is 275 g/mol. The van der Waals surface area contributed by atoms with Gasteiger partial charge in [-0.15, -0.1) is 21.5 Å². The lowest BCUT2D eigenvalue weighted by Crippen LogP contribution is -2.26. The molecule has 1 aliphatic heterocycles. The van der Waals surface area contributed by atoms with Crippen molar-refractivity contribution in [3.05, 3.63) is 27.1 Å². The van der Waals surface area contributed by atoms with E-state index in [4.69, 9.17) is 0 Å². The van der Waals surface area contributed by atoms with Gasteiger partial charge in [0, 0.05) is 25.0 Å². The van der Waals surface area contributed by atoms with Crippen LogP contribution in [0.4, 0.5) is 0 Å². The summed E-state index contributed by atoms with van der Waals surface area (Å²) in [6.45, 7) is 1.92. The molecular weight excluding hydrogens is 262 g/mol. The van der Waals surface area contributed by atoms with Crippen molar-refractivity contribution < 1.29 is 0 Å². The number of fused-ring (bicyclic) bond motifs is 5. The van der Waals surface area contributed by atoms with Crippen LogP contribution in [0, 0.1) is 0 Å². The van der Waals surface area contributed by atoms with Gasteiger partial charge in [-0.05, 0) is 19.0 Å². The highest BCUT2D eigenvalue weighted by Crippen LogP contribution is 2.33. The Hall–Kier alpha value is -1.73. The van der Waals surface area contributed by atoms with Crippen molar-refractivity contribution in [2.45, 2.75) is 13.0 Å². The van der Waals surface area contributed by atoms with Gasteiger partial charge in [0.1, 0.15) is 11.2 Å². The fourth-order valence-corrected chi connectivity index (χ4v) is 4.15. The molecule has 0 unspecified atom stereocenters. The maximum absolute atomic E-state index is 12.5. The topological polar surface area (TPSA) is 55.4 Å². The molecule has 3 aromatic rings. The minimum absolute atomic E-state index is 0.0394. The normalized spacial score (nSPS) is 16.3. The molecule has 0 aliphatic carbocycles. The number of hydrogen-bond acceptors (Lipinski definition) is 5. The number of nitrogens with zero attached hydrogens (tertiary/aromatic N) is 5. The number of rotatable bonds is 0. The van der Waals surface area contributed by atoms with Crippen LogP contribution in [0.2, 0.25) is 0 Å². The van der Waals surface area contributed by atoms with E-state index in [2.05, 4.69) is 22.1 Å². The molecule has 7 heteroatoms. The fraction of sp³-hybridized carbons (Fsp3) is 0.417. The van der Waals surface area contributed by atoms with Gasteiger partial charge in [-0.2, -0.15) is 0 Å². The van der Waals surface area contributed by atoms with E-state index in [1.54, 1.807) is 29.3 Å². The van der Waals surface area contributed by atoms with Gasteiger partial charge in [0.15, 0.2) is 0 Å². The minimum atomic E-state index is 0.0394. The highest BCUT2D eigenvalue weighted by atomic mass is 32.1. The fourth-order valence-electron chi connectivity index (χ4n) is 2.77. The summed E-state index contributed by atoms with van der Waals surface area (Å²) in [6, 6.07) is 0. The summed E-state index contributed by atoms with van der Waals surface area (Å²) in [7, 11) is 3.87. The molecular formula is C12H13N5OS. The first-order chi connectivity index (χ1) is 9.16. The van der Waals surface area contributed by atoms with Crippen molar-refractivity contribution in [3.8, 4) is 0 Å². The van der Waals surface area contributed by atoms with Crippen LogP contribution in [-0.4, -0.2) is 37.7 Å². The Morgan fingerprint density at radius 1 is 1.37 bits per heavy atom. The Kier molecular flexibility index (Phi) is 2.13. The number of aromatic nitrogens is 4. The van der Waals surface area contributed by atoms with Crippen LogP contribution in [-0.2, 0) is 20.0 Å². The quantitative estimate of drug-likeness (QED) is 0.604. The Labute approximate surface area is 112 Å². The Bertz CT molecular complexity index is 858. The molecule has 0 saturated carbocycles. The molecule has 0 bridgehead atoms. The zero-order chi connectivity index (χ0) is 13.1. The molecule has 4 heterocycles. The third-order valence-corrected chi connectivity index (χ3v) is 5.01. The lowest BCUT2D eigenvalue weighted by atomic mass is 10.1. The Morgan fingerprint density at radius 2 is 2.21 bits per heavy atom. The van der Waals surface area contributed by atoms with Crippen LogP contribution in [0.5, 0.6) is 0 Å². The molecule has 1 aliphatic rings. The van der Waals surface area contributed by atoms with Crippen molar-refractivity contribution in [3.63, 3.8) is 0 Å². The summed E-state index contributed by atoms with van der Waals surface area (Å²) in [5.74, 6) is 0.601. The van der Waals surface area contributed by atoms with Gasteiger partial charge in [-0.3, -0.25) is 13.8 Å². The van der Waals surface area contributed by atoms with Crippen LogP contribution >= 0.6 is 11.3 Å². The second-order valence-electron chi connectivity index (χ2n) is 5.04. The Balaban J connectivity index is 2.21. The predicted molar refractivity (Wildman–Crippen MR) is 73.6 cm³/mol. The van der Waals surface area contributed by atoms with Crippen LogP contribution in [0.1, 0.15) is 10.4 Å². The molecule has 0 N–H and O–H groups in total. The highest BCUT2D eigenvalue weighted by Gasteiger charge is 2.23. The first-order valence-electron chi connectivity index (χ1n) is 6.18. The number of hydrogen-bond donors (Lipinski definition) is 0. The van der Waals surface area contributed by atoms with E-state index < -0.39 is 0 Å². The summed E-state index contributed by atoms with van der Waals surface area (Å²) in [6.07, 6.45) is 2.62. The van der Waals surface area contributed by atoms with Crippen molar-refractivity contribution >= 4 is 27.3 Å². The molecule has 0 aromatic carbocycles. The lowest BCUT2D eigenvalue weighted by Gasteiger charge is -2.21. The zero-order valence-corrected chi connectivity index (χ0v) is 11.6. The first kappa shape index (κ1) is 11.1. The summed E-state index contributed by atoms with van der Waals surface area (Å²) >= 11 is 1.69. The maximum atomic E-state index is 12.5. The standard InChI is InChI=1S/C12H13N5OS/c1-15-4-3-7-8(5-15)19-11-9(7)10(18)16(2)12-14-13-6-17(11)12/h6H,3-5H2,1-2H3. The summed E-state index contributed by atoms with van der Waals surface area (Å²) in [5, 5.41) is 8.80. The average Bonchev–Trinajstić information content (AvgIpc) is 2.99. The van der Waals surface area contributed by atoms with Gasteiger partial charge in [0.2, 0.25) is 5.78 Å². The van der Waals surface area contributed by atoms with Crippen molar-refractivity contribution in [2.24, 2.45) is 7.05 Å². The van der Waals surface area contributed by atoms with Crippen LogP contribution in [0.25, 0.3) is 16.0 Å². The number of likely N-dealkylation sites (N-methyl/N-ethyl adjacent to an activating group) is 1. The summed E-state index contributed by atoms with van der Waals surface area (Å²) in [4.78, 5) is 17.1. The molecule has 0 amide bonds. The third kappa shape index (κ3) is 1.36. The molecule has 98 valence electrons. The lowest BCUT2D eigenvalue weighted by molar-refractivity contribution is 0.318. The smallest absolute Gasteiger partial charge is 0.263 e. The summed E-state index contributed by atoms with van der Waals surface area (Å²) in [5.41, 5.74) is 1.26. The minimum Gasteiger partial charge on any atom is -0.301 e. The molecule has 0 atom stereocenters. The van der Waals surface area contributed by atoms with Crippen molar-refractivity contribution in [1.82, 2.24) is 24.1 Å². The van der Waals surface area contributed by atoms with Gasteiger partial charge in [-0.25, -0.2) is 0 Å². The molecule has 4 rings (SSSR count). The molecule has 19 heavy (non-hydrogen) atoms. The van der Waals surface area contributed by atoms with Gasteiger partial charge < -0.3 is 4.90 Å². The molecule has 0 fully saturated rings. The number of aryl methyl sites for hydroxylation is 1. The van der Waals surface area contributed by atoms with Crippen molar-refractivity contribution in [1.29, 1.82) is 0 Å². The van der Waals surface area contributed by atoms with Crippen molar-refractivity contribution in [2.75, 3.05) is 13.6 Å². The molecule has 3 aromatic heterocycles. The maximum Gasteiger partial charge on any atom is 0.263 e.